The molecule has 0 aliphatic heterocycles. The first-order valence-corrected chi connectivity index (χ1v) is 26.0. The van der Waals surface area contributed by atoms with E-state index in [1.54, 1.807) is 22.7 Å². The van der Waals surface area contributed by atoms with Crippen molar-refractivity contribution < 1.29 is 26.6 Å². The van der Waals surface area contributed by atoms with Gasteiger partial charge in [0, 0.05) is 51.1 Å². The van der Waals surface area contributed by atoms with Crippen LogP contribution in [0.4, 0.5) is 0 Å². The summed E-state index contributed by atoms with van der Waals surface area (Å²) in [6, 6.07) is 16.7. The molecule has 0 fully saturated rings. The van der Waals surface area contributed by atoms with Gasteiger partial charge in [-0.1, -0.05) is 87.4 Å². The van der Waals surface area contributed by atoms with Gasteiger partial charge < -0.3 is 26.6 Å². The van der Waals surface area contributed by atoms with Crippen molar-refractivity contribution in [3.8, 4) is 0 Å². The van der Waals surface area contributed by atoms with Gasteiger partial charge in [-0.2, -0.15) is 0 Å². The highest BCUT2D eigenvalue weighted by Gasteiger charge is 2.54. The van der Waals surface area contributed by atoms with E-state index in [4.69, 9.17) is 36.5 Å². The van der Waals surface area contributed by atoms with Crippen molar-refractivity contribution in [3.05, 3.63) is 58.5 Å². The van der Waals surface area contributed by atoms with Gasteiger partial charge in [0.05, 0.1) is 31.5 Å². The maximum absolute atomic E-state index is 6.74. The number of fused-ring (bicyclic) bond motifs is 2. The summed E-state index contributed by atoms with van der Waals surface area (Å²) in [5.74, 6) is 1.47. The van der Waals surface area contributed by atoms with Crippen molar-refractivity contribution in [1.29, 1.82) is 0 Å². The molecule has 4 aromatic rings. The molecule has 0 saturated carbocycles. The largest absolute Gasteiger partial charge is 0.512 e. The van der Waals surface area contributed by atoms with Crippen LogP contribution in [-0.4, -0.2) is 78.7 Å². The van der Waals surface area contributed by atoms with E-state index in [2.05, 4.69) is 77.9 Å². The van der Waals surface area contributed by atoms with E-state index in [9.17, 15) is 0 Å². The van der Waals surface area contributed by atoms with E-state index in [0.717, 1.165) is 80.5 Å². The molecule has 0 N–H and O–H groups in total. The van der Waals surface area contributed by atoms with Gasteiger partial charge in [0.15, 0.2) is 0 Å². The molecule has 0 radical (unpaired) electrons. The van der Waals surface area contributed by atoms with Crippen molar-refractivity contribution in [2.45, 2.75) is 91.1 Å². The minimum Gasteiger partial charge on any atom is -0.373 e. The number of benzene rings is 2. The Bertz CT molecular complexity index is 1310. The maximum Gasteiger partial charge on any atom is 0.512 e. The molecule has 2 atom stereocenters. The molecule has 0 aliphatic rings. The molecule has 0 amide bonds. The Labute approximate surface area is 317 Å². The molecule has 2 aromatic heterocycles. The molecular formula is C36H56N2O6S4Si2. The molecule has 0 saturated heterocycles. The first kappa shape index (κ1) is 41.9. The molecular weight excluding hydrogens is 741 g/mol. The van der Waals surface area contributed by atoms with Crippen LogP contribution in [-0.2, 0) is 26.6 Å². The van der Waals surface area contributed by atoms with Crippen LogP contribution in [0.5, 0.6) is 0 Å². The number of hydrogen-bond donors (Lipinski definition) is 0. The van der Waals surface area contributed by atoms with Crippen molar-refractivity contribution in [2.75, 3.05) is 51.1 Å². The third-order valence-electron chi connectivity index (χ3n) is 7.67. The van der Waals surface area contributed by atoms with E-state index in [1.165, 1.54) is 0 Å². The lowest BCUT2D eigenvalue weighted by atomic mass is 10.3. The molecule has 0 spiro atoms. The van der Waals surface area contributed by atoms with Gasteiger partial charge in [-0.25, -0.2) is 9.97 Å². The highest BCUT2D eigenvalue weighted by molar-refractivity contribution is 8.76. The SMILES string of the molecule is CCCO[Si](OCCC)(OCCC)C(CSSCC(c1nc2ccccc2s1)[Si](OCCC)(OCCC)OCCC)c1nc2ccccc2s1. The van der Waals surface area contributed by atoms with E-state index in [1.807, 2.05) is 33.7 Å². The average Bonchev–Trinajstić information content (AvgIpc) is 3.78. The number of nitrogens with zero attached hydrogens (tertiary/aromatic N) is 2. The molecule has 2 unspecified atom stereocenters. The fourth-order valence-electron chi connectivity index (χ4n) is 5.28. The van der Waals surface area contributed by atoms with E-state index < -0.39 is 17.6 Å². The Morgan fingerprint density at radius 1 is 0.500 bits per heavy atom. The fraction of sp³-hybridized carbons (Fsp3) is 0.611. The van der Waals surface area contributed by atoms with Crippen LogP contribution >= 0.6 is 44.3 Å². The first-order valence-electron chi connectivity index (χ1n) is 18.3. The molecule has 278 valence electrons. The second-order valence-corrected chi connectivity index (χ2v) is 22.2. The summed E-state index contributed by atoms with van der Waals surface area (Å²) < 4.78 is 42.8. The third-order valence-corrected chi connectivity index (χ3v) is 19.7. The summed E-state index contributed by atoms with van der Waals surface area (Å²) in [6.45, 7) is 16.3. The Balaban J connectivity index is 1.69. The molecule has 0 bridgehead atoms. The lowest BCUT2D eigenvalue weighted by Crippen LogP contribution is -2.53. The van der Waals surface area contributed by atoms with Crippen molar-refractivity contribution in [1.82, 2.24) is 9.97 Å². The van der Waals surface area contributed by atoms with E-state index in [0.29, 0.717) is 39.6 Å². The second kappa shape index (κ2) is 22.4. The normalized spacial score (nSPS) is 13.8. The van der Waals surface area contributed by atoms with Crippen LogP contribution < -0.4 is 0 Å². The minimum absolute atomic E-state index is 0.117. The summed E-state index contributed by atoms with van der Waals surface area (Å²) in [7, 11) is -2.77. The Morgan fingerprint density at radius 2 is 0.800 bits per heavy atom. The Hall–Kier alpha value is -0.886. The molecule has 50 heavy (non-hydrogen) atoms. The fourth-order valence-corrected chi connectivity index (χ4v) is 19.0. The third kappa shape index (κ3) is 11.3. The molecule has 4 rings (SSSR count). The lowest BCUT2D eigenvalue weighted by Gasteiger charge is -2.36. The lowest BCUT2D eigenvalue weighted by molar-refractivity contribution is 0.0514. The molecule has 2 aromatic carbocycles. The van der Waals surface area contributed by atoms with Crippen LogP contribution in [0.2, 0.25) is 0 Å². The zero-order valence-corrected chi connectivity index (χ0v) is 35.9. The summed E-state index contributed by atoms with van der Waals surface area (Å²) in [6.07, 6.45) is 5.32. The number of aromatic nitrogens is 2. The first-order chi connectivity index (χ1) is 24.5. The van der Waals surface area contributed by atoms with E-state index in [-0.39, 0.29) is 11.1 Å². The van der Waals surface area contributed by atoms with Crippen molar-refractivity contribution >= 4 is 82.3 Å². The van der Waals surface area contributed by atoms with Crippen LogP contribution in [0.25, 0.3) is 20.4 Å². The standard InChI is InChI=1S/C36H56N2O6S4Si2/c1-7-21-39-49(40-22-8-2,41-23-9-3)33(35-37-29-17-13-15-19-31(29)47-35)27-45-46-28-34(36-38-30-18-14-16-20-32(30)48-36)50(42-24-10-4,43-25-11-5)44-26-12-6/h13-20,33-34H,7-12,21-28H2,1-6H3. The van der Waals surface area contributed by atoms with Crippen LogP contribution in [0.15, 0.2) is 48.5 Å². The minimum atomic E-state index is -3.21. The average molecular weight is 797 g/mol. The second-order valence-electron chi connectivity index (χ2n) is 12.0. The number of thiazole rings is 2. The summed E-state index contributed by atoms with van der Waals surface area (Å²) >= 11 is 3.45. The predicted molar refractivity (Wildman–Crippen MR) is 219 cm³/mol. The summed E-state index contributed by atoms with van der Waals surface area (Å²) in [5, 5.41) is 2.04. The predicted octanol–water partition coefficient (Wildman–Crippen LogP) is 10.7. The van der Waals surface area contributed by atoms with Gasteiger partial charge >= 0.3 is 17.6 Å². The summed E-state index contributed by atoms with van der Waals surface area (Å²) in [5.41, 5.74) is 1.77. The van der Waals surface area contributed by atoms with Crippen molar-refractivity contribution in [2.24, 2.45) is 0 Å². The summed E-state index contributed by atoms with van der Waals surface area (Å²) in [4.78, 5) is 10.3. The Kier molecular flexibility index (Phi) is 18.7. The number of hydrogen-bond acceptors (Lipinski definition) is 12. The monoisotopic (exact) mass is 796 g/mol. The number of rotatable bonds is 27. The van der Waals surface area contributed by atoms with Gasteiger partial charge in [0.1, 0.15) is 10.0 Å². The topological polar surface area (TPSA) is 81.2 Å². The van der Waals surface area contributed by atoms with Gasteiger partial charge in [-0.05, 0) is 62.8 Å². The highest BCUT2D eigenvalue weighted by atomic mass is 33.1. The van der Waals surface area contributed by atoms with Crippen LogP contribution in [0.3, 0.4) is 0 Å². The molecule has 14 heteroatoms. The van der Waals surface area contributed by atoms with Gasteiger partial charge in [0.25, 0.3) is 0 Å². The zero-order chi connectivity index (χ0) is 35.7. The van der Waals surface area contributed by atoms with E-state index >= 15 is 0 Å². The molecule has 8 nitrogen and oxygen atoms in total. The van der Waals surface area contributed by atoms with Crippen LogP contribution in [0, 0.1) is 0 Å². The van der Waals surface area contributed by atoms with Gasteiger partial charge in [-0.15, -0.1) is 22.7 Å². The molecule has 2 heterocycles. The zero-order valence-electron chi connectivity index (χ0n) is 30.6. The van der Waals surface area contributed by atoms with Gasteiger partial charge in [0.2, 0.25) is 0 Å². The quantitative estimate of drug-likeness (QED) is 0.0330. The molecule has 0 aliphatic carbocycles. The Morgan fingerprint density at radius 3 is 1.08 bits per heavy atom. The van der Waals surface area contributed by atoms with Gasteiger partial charge in [-0.3, -0.25) is 0 Å². The van der Waals surface area contributed by atoms with Crippen LogP contribution in [0.1, 0.15) is 101 Å². The highest BCUT2D eigenvalue weighted by Crippen LogP contribution is 2.44. The smallest absolute Gasteiger partial charge is 0.373 e. The maximum atomic E-state index is 6.74. The number of para-hydroxylation sites is 2. The van der Waals surface area contributed by atoms with Crippen molar-refractivity contribution in [3.63, 3.8) is 0 Å².